The number of rotatable bonds is 12. The predicted octanol–water partition coefficient (Wildman–Crippen LogP) is 24.1. The first-order chi connectivity index (χ1) is 67.5. The number of pyridine rings is 13. The van der Waals surface area contributed by atoms with Crippen LogP contribution in [0, 0.1) is 36.4 Å². The molecule has 140 heavy (non-hydrogen) atoms. The first kappa shape index (κ1) is 106. The van der Waals surface area contributed by atoms with E-state index in [1.807, 2.05) is 328 Å². The van der Waals surface area contributed by atoms with Crippen LogP contribution in [0.2, 0.25) is 0 Å². The van der Waals surface area contributed by atoms with Crippen molar-refractivity contribution in [3.05, 3.63) is 493 Å². The Hall–Kier alpha value is -16.5. The van der Waals surface area contributed by atoms with Gasteiger partial charge in [-0.05, 0) is 90.6 Å². The van der Waals surface area contributed by atoms with Crippen LogP contribution in [0.5, 0.6) is 0 Å². The zero-order chi connectivity index (χ0) is 93.8. The van der Waals surface area contributed by atoms with Crippen LogP contribution in [0.1, 0.15) is 0 Å². The van der Waals surface area contributed by atoms with Crippen molar-refractivity contribution in [1.29, 1.82) is 0 Å². The van der Waals surface area contributed by atoms with Gasteiger partial charge < -0.3 is 14.4 Å². The Morgan fingerprint density at radius 2 is 0.421 bits per heavy atom. The maximum absolute atomic E-state index is 7.75. The van der Waals surface area contributed by atoms with Crippen LogP contribution in [0.3, 0.4) is 0 Å². The van der Waals surface area contributed by atoms with Gasteiger partial charge >= 0.3 is 39.3 Å². The molecule has 15 aromatic heterocycles. The minimum atomic E-state index is 0. The molecule has 680 valence electrons. The molecule has 2 radical (unpaired) electrons. The van der Waals surface area contributed by atoms with E-state index in [4.69, 9.17) is 19.4 Å². The quantitative estimate of drug-likeness (QED) is 0.0476. The fourth-order valence-corrected chi connectivity index (χ4v) is 13.6. The van der Waals surface area contributed by atoms with Gasteiger partial charge in [0, 0.05) is 200 Å². The van der Waals surface area contributed by atoms with E-state index in [0.29, 0.717) is 5.82 Å². The molecule has 15 heterocycles. The normalized spacial score (nSPS) is 9.80. The maximum Gasteiger partial charge on any atom is 2.00 e. The second-order valence-electron chi connectivity index (χ2n) is 28.6. The fraction of sp³-hybridized carbons (Fsp3) is 0. The van der Waals surface area contributed by atoms with Gasteiger partial charge in [-0.15, -0.1) is 169 Å². The minimum Gasteiger partial charge on any atom is -0.545 e. The molecule has 0 unspecified atom stereocenters. The van der Waals surface area contributed by atoms with E-state index in [9.17, 15) is 0 Å². The van der Waals surface area contributed by atoms with Crippen LogP contribution in [-0.2, 0) is 94.5 Å². The van der Waals surface area contributed by atoms with Crippen molar-refractivity contribution in [2.45, 2.75) is 0 Å². The summed E-state index contributed by atoms with van der Waals surface area (Å²) < 4.78 is 0. The molecule has 23 rings (SSSR count). The van der Waals surface area contributed by atoms with Crippen molar-refractivity contribution in [3.63, 3.8) is 0 Å². The molecule has 0 saturated carbocycles. The average Bonchev–Trinajstić information content (AvgIpc) is 0.783. The Bertz CT molecular complexity index is 6490. The van der Waals surface area contributed by atoms with Crippen molar-refractivity contribution < 1.29 is 94.5 Å². The summed E-state index contributed by atoms with van der Waals surface area (Å²) in [5, 5.41) is 4.37. The Balaban J connectivity index is 0.000000166. The van der Waals surface area contributed by atoms with E-state index < -0.39 is 0 Å². The van der Waals surface area contributed by atoms with Crippen LogP contribution < -0.4 is 0 Å². The summed E-state index contributed by atoms with van der Waals surface area (Å²) in [6.07, 6.45) is 26.5. The van der Waals surface area contributed by atoms with Crippen molar-refractivity contribution in [2.24, 2.45) is 0 Å². The number of hydrogen-bond donors (Lipinski definition) is 0. The van der Waals surface area contributed by atoms with Gasteiger partial charge in [0.2, 0.25) is 0 Å². The molecule has 23 aromatic rings. The molecular formula is C116H78N17O3OsRe2Ru-5. The molecule has 8 aromatic carbocycles. The molecule has 0 amide bonds. The molecule has 20 nitrogen and oxygen atoms in total. The predicted molar refractivity (Wildman–Crippen MR) is 536 cm³/mol. The smallest absolute Gasteiger partial charge is 0.545 e. The summed E-state index contributed by atoms with van der Waals surface area (Å²) in [6, 6.07) is 138. The van der Waals surface area contributed by atoms with Gasteiger partial charge in [0.1, 0.15) is 5.69 Å². The molecule has 0 aliphatic carbocycles. The van der Waals surface area contributed by atoms with Crippen molar-refractivity contribution in [3.8, 4) is 135 Å². The largest absolute Gasteiger partial charge is 2.00 e. The first-order valence-corrected chi connectivity index (χ1v) is 42.4. The molecule has 0 atom stereocenters. The molecule has 0 saturated heterocycles. The van der Waals surface area contributed by atoms with E-state index in [1.54, 1.807) is 92.8 Å². The maximum atomic E-state index is 7.75. The molecule has 0 fully saturated rings. The summed E-state index contributed by atoms with van der Waals surface area (Å²) >= 11 is 0. The number of aromatic nitrogens is 17. The molecule has 0 aliphatic rings. The van der Waals surface area contributed by atoms with Gasteiger partial charge in [0.05, 0.1) is 39.7 Å². The molecule has 0 spiro atoms. The number of carbonyl (C=O) groups excluding carboxylic acids is 3. The summed E-state index contributed by atoms with van der Waals surface area (Å²) in [5.74, 6) is 0.627. The topological polar surface area (TPSA) is 270 Å². The molecule has 0 bridgehead atoms. The molecule has 24 heteroatoms. The number of hydrogen-bond acceptors (Lipinski definition) is 20. The average molecular weight is 2420 g/mol. The number of nitrogens with zero attached hydrogens (tertiary/aromatic N) is 17. The van der Waals surface area contributed by atoms with Gasteiger partial charge in [0.15, 0.2) is 5.82 Å². The van der Waals surface area contributed by atoms with Gasteiger partial charge in [-0.3, -0.25) is 90.1 Å². The first-order valence-electron chi connectivity index (χ1n) is 42.4. The molecule has 0 aliphatic heterocycles. The second kappa shape index (κ2) is 57.4. The van der Waals surface area contributed by atoms with Gasteiger partial charge in [0.25, 0.3) is 0 Å². The van der Waals surface area contributed by atoms with Crippen molar-refractivity contribution >= 4 is 64.0 Å². The summed E-state index contributed by atoms with van der Waals surface area (Å²) in [6.45, 7) is 9.75. The van der Waals surface area contributed by atoms with Crippen LogP contribution in [0.15, 0.2) is 457 Å². The van der Waals surface area contributed by atoms with E-state index >= 15 is 0 Å². The third kappa shape index (κ3) is 29.8. The fourth-order valence-electron chi connectivity index (χ4n) is 13.6. The Morgan fingerprint density at radius 3 is 0.714 bits per heavy atom. The van der Waals surface area contributed by atoms with Gasteiger partial charge in [-0.25, -0.2) is 15.0 Å². The minimum absolute atomic E-state index is 0. The Labute approximate surface area is 864 Å². The SMILES string of the molecule is [CH-]=O.[CH-]=O.[CH-]=O.[Os+2].[Re].[Re].[Ru+2].[c-]1c(-c2ccccn2)cccc1-c1ccccn1.[c-]1c(-c2ccccn2)cccc1-c1ccccn1.[c-]1c(-c2ccccn2)cccc1-c1ccccn1.[c-]1c(-c2ccccn2)cccc1-c1ccccn1.[c-]1ccccc1-c1ccc2ccc3cccnc3c2n1.[c-]1ccccc1-c1cncc(-c2ccccn2)n1.c1cnc(-c2ccc3ccc4cccnc4c3n2)nc1. The Kier molecular flexibility index (Phi) is 43.3. The van der Waals surface area contributed by atoms with Gasteiger partial charge in [-0.1, -0.05) is 202 Å². The number of fused-ring (bicyclic) bond motifs is 6. The third-order valence-electron chi connectivity index (χ3n) is 19.9. The van der Waals surface area contributed by atoms with Gasteiger partial charge in [-0.2, -0.15) is 0 Å². The zero-order valence-corrected chi connectivity index (χ0v) is 84.0. The zero-order valence-electron chi connectivity index (χ0n) is 74.3. The van der Waals surface area contributed by atoms with E-state index in [0.717, 1.165) is 173 Å². The summed E-state index contributed by atoms with van der Waals surface area (Å²) in [7, 11) is 0. The molecule has 0 N–H and O–H groups in total. The Morgan fingerprint density at radius 1 is 0.179 bits per heavy atom. The van der Waals surface area contributed by atoms with Crippen LogP contribution >= 0.6 is 0 Å². The second-order valence-corrected chi connectivity index (χ2v) is 28.6. The summed E-state index contributed by atoms with van der Waals surface area (Å²) in [4.78, 5) is 97.8. The van der Waals surface area contributed by atoms with E-state index in [2.05, 4.69) is 173 Å². The molecular weight excluding hydrogens is 2340 g/mol. The van der Waals surface area contributed by atoms with E-state index in [1.165, 1.54) is 0 Å². The van der Waals surface area contributed by atoms with Crippen molar-refractivity contribution in [1.82, 2.24) is 84.7 Å². The van der Waals surface area contributed by atoms with Crippen molar-refractivity contribution in [2.75, 3.05) is 0 Å². The summed E-state index contributed by atoms with van der Waals surface area (Å²) in [5.41, 5.74) is 25.0. The van der Waals surface area contributed by atoms with Crippen LogP contribution in [0.25, 0.3) is 179 Å². The monoisotopic (exact) mass is 2420 g/mol. The van der Waals surface area contributed by atoms with Crippen LogP contribution in [-0.4, -0.2) is 105 Å². The van der Waals surface area contributed by atoms with Crippen LogP contribution in [0.4, 0.5) is 0 Å². The standard InChI is InChI=1S/C18H11N2.C16H10N4.4C16H11N2.C15H10N3.3CHO.Os.2Re.Ru/c1-2-5-13(6-3-1)16-11-10-15-9-8-14-7-4-12-19-17(14)18(15)20-16;1-3-11-4-5-12-6-7-13(16-18-9-2-10-19-16)20-15(12)14(11)17-8-1;4*1-3-10-17-15(8-1)13-6-5-7-14(12-13)16-9-2-4-11-18-16;1-2-6-12(7-3-1)14-10-16-11-15(18-14)13-8-4-5-9-17-13;3*1-2;;;;/h1-5,7-12H;1-10H;4*1-11H;1-6,8-11H;3*1H;;;;/q-1;;8*-1;+2;;;+2. The third-order valence-corrected chi connectivity index (χ3v) is 19.9. The van der Waals surface area contributed by atoms with E-state index in [-0.39, 0.29) is 80.1 Å². The number of benzene rings is 8.